The van der Waals surface area contributed by atoms with E-state index in [1.54, 1.807) is 7.05 Å². The van der Waals surface area contributed by atoms with E-state index in [9.17, 15) is 13.0 Å². The minimum Gasteiger partial charge on any atom is -0.355 e. The van der Waals surface area contributed by atoms with Gasteiger partial charge in [0.1, 0.15) is 11.6 Å². The van der Waals surface area contributed by atoms with Gasteiger partial charge >= 0.3 is 0 Å². The molecule has 0 aromatic heterocycles. The molecular weight excluding hydrogens is 471 g/mol. The van der Waals surface area contributed by atoms with Crippen molar-refractivity contribution >= 4 is 40.7 Å². The molecule has 0 heterocycles. The van der Waals surface area contributed by atoms with Crippen LogP contribution in [0.3, 0.4) is 0 Å². The van der Waals surface area contributed by atoms with Crippen molar-refractivity contribution in [1.82, 2.24) is 10.6 Å². The maximum Gasteiger partial charge on any atom is 0.191 e. The summed E-state index contributed by atoms with van der Waals surface area (Å²) < 4.78 is 38.8. The Balaban J connectivity index is 0.00000338. The third kappa shape index (κ3) is 7.77. The fourth-order valence-corrected chi connectivity index (χ4v) is 3.23. The average molecular weight is 493 g/mol. The molecule has 0 saturated heterocycles. The Morgan fingerprint density at radius 1 is 1.12 bits per heavy atom. The summed E-state index contributed by atoms with van der Waals surface area (Å²) in [7, 11) is 0.591. The highest BCUT2D eigenvalue weighted by atomic mass is 127. The van der Waals surface area contributed by atoms with Crippen LogP contribution in [0.15, 0.2) is 53.5 Å². The summed E-state index contributed by atoms with van der Waals surface area (Å²) in [5, 5.41) is 5.93. The number of guanidine groups is 1. The number of nitrogens with one attached hydrogen (secondary N) is 2. The normalized spacial score (nSPS) is 12.2. The van der Waals surface area contributed by atoms with Crippen molar-refractivity contribution in [2.45, 2.75) is 12.3 Å². The van der Waals surface area contributed by atoms with Crippen LogP contribution in [0.5, 0.6) is 0 Å². The highest BCUT2D eigenvalue weighted by Gasteiger charge is 2.06. The molecule has 1 unspecified atom stereocenters. The first-order valence-corrected chi connectivity index (χ1v) is 9.34. The molecule has 4 nitrogen and oxygen atoms in total. The quantitative estimate of drug-likeness (QED) is 0.354. The zero-order chi connectivity index (χ0) is 18.1. The lowest BCUT2D eigenvalue weighted by Crippen LogP contribution is -2.38. The van der Waals surface area contributed by atoms with E-state index >= 15 is 0 Å². The number of nitrogens with zero attached hydrogens (tertiary/aromatic N) is 1. The van der Waals surface area contributed by atoms with Crippen LogP contribution in [0.4, 0.5) is 8.78 Å². The monoisotopic (exact) mass is 493 g/mol. The predicted octanol–water partition coefficient (Wildman–Crippen LogP) is 3.20. The SMILES string of the molecule is CN=C(NCCS(=O)Cc1ccccc1)NCc1cc(F)ccc1F.I. The summed E-state index contributed by atoms with van der Waals surface area (Å²) in [5.41, 5.74) is 1.25. The average Bonchev–Trinajstić information content (AvgIpc) is 2.61. The Morgan fingerprint density at radius 3 is 2.54 bits per heavy atom. The Labute approximate surface area is 172 Å². The van der Waals surface area contributed by atoms with Gasteiger partial charge in [-0.3, -0.25) is 9.20 Å². The molecule has 0 radical (unpaired) electrons. The minimum absolute atomic E-state index is 0. The molecule has 2 N–H and O–H groups in total. The van der Waals surface area contributed by atoms with Gasteiger partial charge in [0, 0.05) is 48.0 Å². The maximum atomic E-state index is 13.6. The molecule has 142 valence electrons. The Kier molecular flexibility index (Phi) is 10.3. The number of benzene rings is 2. The highest BCUT2D eigenvalue weighted by molar-refractivity contribution is 14.0. The molecule has 2 aromatic rings. The van der Waals surface area contributed by atoms with Crippen molar-refractivity contribution < 1.29 is 13.0 Å². The zero-order valence-electron chi connectivity index (χ0n) is 14.4. The highest BCUT2D eigenvalue weighted by Crippen LogP contribution is 2.09. The van der Waals surface area contributed by atoms with E-state index in [4.69, 9.17) is 0 Å². The topological polar surface area (TPSA) is 53.5 Å². The van der Waals surface area contributed by atoms with Gasteiger partial charge in [-0.15, -0.1) is 24.0 Å². The second kappa shape index (κ2) is 11.9. The van der Waals surface area contributed by atoms with Crippen LogP contribution in [-0.4, -0.2) is 29.5 Å². The zero-order valence-corrected chi connectivity index (χ0v) is 17.5. The molecule has 0 amide bonds. The first kappa shape index (κ1) is 22.5. The lowest BCUT2D eigenvalue weighted by Gasteiger charge is -2.12. The van der Waals surface area contributed by atoms with E-state index in [1.807, 2.05) is 30.3 Å². The Morgan fingerprint density at radius 2 is 1.85 bits per heavy atom. The first-order chi connectivity index (χ1) is 12.1. The number of hydrogen-bond acceptors (Lipinski definition) is 2. The van der Waals surface area contributed by atoms with Gasteiger partial charge in [0.15, 0.2) is 5.96 Å². The van der Waals surface area contributed by atoms with Gasteiger partial charge in [-0.2, -0.15) is 0 Å². The number of hydrogen-bond donors (Lipinski definition) is 2. The number of rotatable bonds is 7. The fraction of sp³-hybridized carbons (Fsp3) is 0.278. The van der Waals surface area contributed by atoms with Crippen LogP contribution >= 0.6 is 24.0 Å². The van der Waals surface area contributed by atoms with E-state index < -0.39 is 22.4 Å². The van der Waals surface area contributed by atoms with E-state index in [2.05, 4.69) is 15.6 Å². The van der Waals surface area contributed by atoms with Gasteiger partial charge in [-0.25, -0.2) is 8.78 Å². The molecule has 1 atom stereocenters. The second-order valence-electron chi connectivity index (χ2n) is 5.36. The molecule has 8 heteroatoms. The van der Waals surface area contributed by atoms with Gasteiger partial charge in [0.25, 0.3) is 0 Å². The van der Waals surface area contributed by atoms with Crippen LogP contribution in [0.2, 0.25) is 0 Å². The van der Waals surface area contributed by atoms with Crippen molar-refractivity contribution in [3.63, 3.8) is 0 Å². The smallest absolute Gasteiger partial charge is 0.191 e. The summed E-state index contributed by atoms with van der Waals surface area (Å²) in [4.78, 5) is 4.02. The molecule has 2 rings (SSSR count). The van der Waals surface area contributed by atoms with Crippen molar-refractivity contribution in [2.24, 2.45) is 4.99 Å². The summed E-state index contributed by atoms with van der Waals surface area (Å²) in [6, 6.07) is 13.0. The van der Waals surface area contributed by atoms with Crippen LogP contribution in [0, 0.1) is 11.6 Å². The Hall–Kier alpha value is -1.55. The van der Waals surface area contributed by atoms with E-state index in [1.165, 1.54) is 0 Å². The van der Waals surface area contributed by atoms with Gasteiger partial charge in [-0.05, 0) is 23.8 Å². The molecule has 0 bridgehead atoms. The second-order valence-corrected chi connectivity index (χ2v) is 6.94. The van der Waals surface area contributed by atoms with Crippen molar-refractivity contribution in [3.05, 3.63) is 71.3 Å². The molecule has 0 saturated carbocycles. The van der Waals surface area contributed by atoms with Crippen molar-refractivity contribution in [3.8, 4) is 0 Å². The van der Waals surface area contributed by atoms with E-state index in [0.717, 1.165) is 23.8 Å². The van der Waals surface area contributed by atoms with Gasteiger partial charge in [0.05, 0.1) is 0 Å². The van der Waals surface area contributed by atoms with Gasteiger partial charge < -0.3 is 10.6 Å². The van der Waals surface area contributed by atoms with Crippen LogP contribution < -0.4 is 10.6 Å². The standard InChI is InChI=1S/C18H21F2N3OS.HI/c1-21-18(23-12-15-11-16(19)7-8-17(15)20)22-9-10-25(24)13-14-5-3-2-4-6-14;/h2-8,11H,9-10,12-13H2,1H3,(H2,21,22,23);1H. The molecule has 2 aromatic carbocycles. The molecule has 0 fully saturated rings. The van der Waals surface area contributed by atoms with Crippen LogP contribution in [0.25, 0.3) is 0 Å². The van der Waals surface area contributed by atoms with E-state index in [0.29, 0.717) is 24.0 Å². The number of halogens is 3. The lowest BCUT2D eigenvalue weighted by molar-refractivity contribution is 0.581. The van der Waals surface area contributed by atoms with Crippen molar-refractivity contribution in [2.75, 3.05) is 19.3 Å². The summed E-state index contributed by atoms with van der Waals surface area (Å²) in [6.07, 6.45) is 0. The van der Waals surface area contributed by atoms with Gasteiger partial charge in [-0.1, -0.05) is 30.3 Å². The summed E-state index contributed by atoms with van der Waals surface area (Å²) >= 11 is 0. The number of aliphatic imine (C=N–C) groups is 1. The third-order valence-electron chi connectivity index (χ3n) is 3.47. The first-order valence-electron chi connectivity index (χ1n) is 7.86. The van der Waals surface area contributed by atoms with Crippen LogP contribution in [-0.2, 0) is 23.1 Å². The molecular formula is C18H22F2IN3OS. The van der Waals surface area contributed by atoms with E-state index in [-0.39, 0.29) is 36.1 Å². The molecule has 26 heavy (non-hydrogen) atoms. The summed E-state index contributed by atoms with van der Waals surface area (Å²) in [5.74, 6) is 0.443. The largest absolute Gasteiger partial charge is 0.355 e. The molecule has 0 aliphatic carbocycles. The minimum atomic E-state index is -0.991. The maximum absolute atomic E-state index is 13.6. The fourth-order valence-electron chi connectivity index (χ4n) is 2.19. The van der Waals surface area contributed by atoms with Gasteiger partial charge in [0.2, 0.25) is 0 Å². The van der Waals surface area contributed by atoms with Crippen molar-refractivity contribution in [1.29, 1.82) is 0 Å². The molecule has 0 aliphatic heterocycles. The summed E-state index contributed by atoms with van der Waals surface area (Å²) in [6.45, 7) is 0.571. The molecule has 0 aliphatic rings. The van der Waals surface area contributed by atoms with Crippen LogP contribution in [0.1, 0.15) is 11.1 Å². The lowest BCUT2D eigenvalue weighted by atomic mass is 10.2. The molecule has 0 spiro atoms. The Bertz CT molecular complexity index is 744. The predicted molar refractivity (Wildman–Crippen MR) is 113 cm³/mol. The third-order valence-corrected chi connectivity index (χ3v) is 4.79.